The summed E-state index contributed by atoms with van der Waals surface area (Å²) < 4.78 is 13.2. The Labute approximate surface area is 390 Å². The smallest absolute Gasteiger partial charge is 0.143 e. The van der Waals surface area contributed by atoms with E-state index >= 15 is 0 Å². The maximum absolute atomic E-state index is 6.80. The molecule has 0 N–H and O–H groups in total. The van der Waals surface area contributed by atoms with Crippen LogP contribution in [-0.4, -0.2) is 0 Å². The summed E-state index contributed by atoms with van der Waals surface area (Å²) in [6.07, 6.45) is 0. The first kappa shape index (κ1) is 38.6. The molecule has 0 saturated carbocycles. The Morgan fingerprint density at radius 1 is 0.358 bits per heavy atom. The predicted octanol–water partition coefficient (Wildman–Crippen LogP) is 17.8. The number of hydrogen-bond acceptors (Lipinski definition) is 3. The molecule has 9 aromatic carbocycles. The molecule has 0 aliphatic heterocycles. The van der Waals surface area contributed by atoms with Gasteiger partial charge in [-0.25, -0.2) is 0 Å². The van der Waals surface area contributed by atoms with Gasteiger partial charge in [-0.1, -0.05) is 144 Å². The van der Waals surface area contributed by atoms with Crippen molar-refractivity contribution in [2.45, 2.75) is 64.7 Å². The van der Waals surface area contributed by atoms with Gasteiger partial charge in [0.25, 0.3) is 0 Å². The molecule has 0 atom stereocenters. The molecule has 67 heavy (non-hydrogen) atoms. The molecular formula is C64H49NO2. The lowest BCUT2D eigenvalue weighted by Gasteiger charge is -2.29. The molecule has 0 radical (unpaired) electrons. The number of anilines is 3. The zero-order chi connectivity index (χ0) is 45.3. The fourth-order valence-electron chi connectivity index (χ4n) is 12.6. The number of hydrogen-bond donors (Lipinski definition) is 0. The number of fused-ring (bicyclic) bond motifs is 17. The van der Waals surface area contributed by atoms with Crippen LogP contribution in [0, 0.1) is 6.92 Å². The van der Waals surface area contributed by atoms with E-state index in [4.69, 9.17) is 8.83 Å². The van der Waals surface area contributed by atoms with Gasteiger partial charge in [0.1, 0.15) is 22.3 Å². The van der Waals surface area contributed by atoms with Crippen LogP contribution in [0.4, 0.5) is 17.1 Å². The van der Waals surface area contributed by atoms with Gasteiger partial charge < -0.3 is 13.7 Å². The summed E-state index contributed by atoms with van der Waals surface area (Å²) in [5.41, 5.74) is 26.0. The number of rotatable bonds is 4. The van der Waals surface area contributed by atoms with Crippen LogP contribution in [0.25, 0.3) is 88.4 Å². The van der Waals surface area contributed by atoms with Crippen LogP contribution in [0.15, 0.2) is 179 Å². The average molecular weight is 864 g/mol. The lowest BCUT2D eigenvalue weighted by molar-refractivity contribution is 0.651. The Morgan fingerprint density at radius 2 is 0.896 bits per heavy atom. The lowest BCUT2D eigenvalue weighted by atomic mass is 9.79. The maximum Gasteiger partial charge on any atom is 0.143 e. The van der Waals surface area contributed by atoms with Crippen molar-refractivity contribution in [3.63, 3.8) is 0 Å². The lowest BCUT2D eigenvalue weighted by Crippen LogP contribution is -2.18. The van der Waals surface area contributed by atoms with Gasteiger partial charge in [-0.3, -0.25) is 0 Å². The van der Waals surface area contributed by atoms with E-state index in [1.807, 2.05) is 0 Å². The third-order valence-electron chi connectivity index (χ3n) is 16.1. The number of furan rings is 2. The Kier molecular flexibility index (Phi) is 7.52. The van der Waals surface area contributed by atoms with Crippen LogP contribution < -0.4 is 4.90 Å². The largest absolute Gasteiger partial charge is 0.456 e. The third-order valence-corrected chi connectivity index (χ3v) is 16.1. The molecule has 2 aromatic heterocycles. The molecule has 0 saturated heterocycles. The number of nitrogens with zero attached hydrogens (tertiary/aromatic N) is 1. The third kappa shape index (κ3) is 5.07. The van der Waals surface area contributed by atoms with Gasteiger partial charge in [0.05, 0.1) is 0 Å². The second kappa shape index (κ2) is 13.0. The molecule has 3 aliphatic carbocycles. The van der Waals surface area contributed by atoms with Crippen molar-refractivity contribution in [2.24, 2.45) is 0 Å². The molecule has 3 aliphatic rings. The first-order chi connectivity index (χ1) is 32.4. The molecule has 0 fully saturated rings. The van der Waals surface area contributed by atoms with E-state index in [0.717, 1.165) is 50.3 Å². The number of benzene rings is 9. The normalized spacial score (nSPS) is 15.4. The highest BCUT2D eigenvalue weighted by Gasteiger charge is 2.44. The minimum atomic E-state index is -0.280. The van der Waals surface area contributed by atoms with E-state index in [2.05, 4.69) is 223 Å². The maximum atomic E-state index is 6.80. The summed E-state index contributed by atoms with van der Waals surface area (Å²) in [7, 11) is 0. The van der Waals surface area contributed by atoms with Crippen molar-refractivity contribution in [3.8, 4) is 44.5 Å². The minimum Gasteiger partial charge on any atom is -0.456 e. The van der Waals surface area contributed by atoms with Crippen LogP contribution in [0.5, 0.6) is 0 Å². The van der Waals surface area contributed by atoms with Gasteiger partial charge in [0.15, 0.2) is 0 Å². The van der Waals surface area contributed by atoms with Crippen molar-refractivity contribution in [1.82, 2.24) is 0 Å². The van der Waals surface area contributed by atoms with Crippen molar-refractivity contribution in [1.29, 1.82) is 0 Å². The van der Waals surface area contributed by atoms with Crippen molar-refractivity contribution in [2.75, 3.05) is 4.90 Å². The molecule has 0 bridgehead atoms. The van der Waals surface area contributed by atoms with Crippen molar-refractivity contribution in [3.05, 3.63) is 209 Å². The SMILES string of the molecule is Cc1ccc(-c2cc3c(c4c2oc2ccccc24)-c2ccc(N(c4ccccc4)c4ccc5c(c4)C(C)(C)c4cc6c(cc4-5)C(C)(C)c4ccc5oc7ccccc7c5c4-6)cc2C3(C)C)cc1. The van der Waals surface area contributed by atoms with Gasteiger partial charge >= 0.3 is 0 Å². The summed E-state index contributed by atoms with van der Waals surface area (Å²) in [6.45, 7) is 16.5. The topological polar surface area (TPSA) is 29.5 Å². The summed E-state index contributed by atoms with van der Waals surface area (Å²) in [5.74, 6) is 0. The van der Waals surface area contributed by atoms with Crippen LogP contribution in [-0.2, 0) is 16.2 Å². The fraction of sp³-hybridized carbons (Fsp3) is 0.156. The monoisotopic (exact) mass is 863 g/mol. The molecule has 3 heteroatoms. The molecule has 322 valence electrons. The van der Waals surface area contributed by atoms with Gasteiger partial charge in [-0.05, 0) is 152 Å². The molecule has 0 spiro atoms. The molecule has 14 rings (SSSR count). The summed E-state index contributed by atoms with van der Waals surface area (Å²) >= 11 is 0. The van der Waals surface area contributed by atoms with Gasteiger partial charge in [-0.15, -0.1) is 0 Å². The number of aryl methyl sites for hydroxylation is 1. The van der Waals surface area contributed by atoms with Crippen LogP contribution >= 0.6 is 0 Å². The van der Waals surface area contributed by atoms with Gasteiger partial charge in [-0.2, -0.15) is 0 Å². The Balaban J connectivity index is 0.924. The zero-order valence-corrected chi connectivity index (χ0v) is 38.9. The fourth-order valence-corrected chi connectivity index (χ4v) is 12.6. The molecule has 0 unspecified atom stereocenters. The van der Waals surface area contributed by atoms with Crippen molar-refractivity contribution >= 4 is 60.9 Å². The van der Waals surface area contributed by atoms with E-state index in [0.29, 0.717) is 0 Å². The highest BCUT2D eigenvalue weighted by molar-refractivity contribution is 6.19. The second-order valence-electron chi connectivity index (χ2n) is 20.9. The zero-order valence-electron chi connectivity index (χ0n) is 38.9. The van der Waals surface area contributed by atoms with Crippen molar-refractivity contribution < 1.29 is 8.83 Å². The highest BCUT2D eigenvalue weighted by Crippen LogP contribution is 2.60. The van der Waals surface area contributed by atoms with E-state index in [1.165, 1.54) is 94.0 Å². The van der Waals surface area contributed by atoms with Crippen LogP contribution in [0.3, 0.4) is 0 Å². The molecule has 0 amide bonds. The van der Waals surface area contributed by atoms with E-state index in [1.54, 1.807) is 0 Å². The summed E-state index contributed by atoms with van der Waals surface area (Å²) in [6, 6.07) is 63.1. The molecule has 2 heterocycles. The second-order valence-corrected chi connectivity index (χ2v) is 20.9. The molecular weight excluding hydrogens is 815 g/mol. The Morgan fingerprint density at radius 3 is 1.63 bits per heavy atom. The molecule has 11 aromatic rings. The molecule has 3 nitrogen and oxygen atoms in total. The predicted molar refractivity (Wildman–Crippen MR) is 279 cm³/mol. The summed E-state index contributed by atoms with van der Waals surface area (Å²) in [4.78, 5) is 2.46. The minimum absolute atomic E-state index is 0.164. The van der Waals surface area contributed by atoms with E-state index < -0.39 is 0 Å². The Bertz CT molecular complexity index is 3950. The average Bonchev–Trinajstić information content (AvgIpc) is 4.08. The van der Waals surface area contributed by atoms with Gasteiger partial charge in [0.2, 0.25) is 0 Å². The van der Waals surface area contributed by atoms with Gasteiger partial charge in [0, 0.05) is 60.4 Å². The first-order valence-electron chi connectivity index (χ1n) is 23.7. The van der Waals surface area contributed by atoms with Crippen LogP contribution in [0.1, 0.15) is 80.5 Å². The summed E-state index contributed by atoms with van der Waals surface area (Å²) in [5, 5.41) is 4.76. The van der Waals surface area contributed by atoms with Crippen LogP contribution in [0.2, 0.25) is 0 Å². The standard InChI is InChI=1S/C64H49NO2/c1-36-21-23-37(24-22-36)45-33-53-57(60-44-18-12-14-20-55(44)67-61(45)60)42-28-26-40(32-50(42)64(53,6)7)65(38-15-9-8-10-16-38)39-25-27-41-46-34-52-47(35-51(46)63(4,5)49(41)31-39)58-48(62(52,2)3)29-30-56-59(58)43-17-11-13-19-54(43)66-56/h8-35H,1-7H3. The number of para-hydroxylation sites is 3. The Hall–Kier alpha value is -7.62. The quantitative estimate of drug-likeness (QED) is 0.177. The highest BCUT2D eigenvalue weighted by atomic mass is 16.3. The first-order valence-corrected chi connectivity index (χ1v) is 23.7. The van der Waals surface area contributed by atoms with E-state index in [-0.39, 0.29) is 16.2 Å². The van der Waals surface area contributed by atoms with E-state index in [9.17, 15) is 0 Å².